The Labute approximate surface area is 111 Å². The zero-order chi connectivity index (χ0) is 12.1. The van der Waals surface area contributed by atoms with Crippen molar-refractivity contribution < 1.29 is 9.47 Å². The summed E-state index contributed by atoms with van der Waals surface area (Å²) < 4.78 is 12.2. The van der Waals surface area contributed by atoms with Crippen molar-refractivity contribution in [2.24, 2.45) is 5.73 Å². The van der Waals surface area contributed by atoms with Crippen LogP contribution < -0.4 is 5.73 Å². The Hall–Kier alpha value is -0.130. The molecule has 1 aromatic heterocycles. The lowest BCUT2D eigenvalue weighted by Gasteiger charge is -2.24. The molecule has 1 aliphatic heterocycles. The Morgan fingerprint density at radius 1 is 1.53 bits per heavy atom. The first-order valence-corrected chi connectivity index (χ1v) is 7.17. The summed E-state index contributed by atoms with van der Waals surface area (Å²) in [6.07, 6.45) is 3.65. The zero-order valence-electron chi connectivity index (χ0n) is 9.73. The number of nitrogens with two attached hydrogens (primary N) is 1. The Bertz CT molecular complexity index is 339. The van der Waals surface area contributed by atoms with Crippen molar-refractivity contribution in [3.05, 3.63) is 21.3 Å². The highest BCUT2D eigenvalue weighted by atomic mass is 35.5. The monoisotopic (exact) mass is 275 g/mol. The third-order valence-electron chi connectivity index (χ3n) is 2.88. The van der Waals surface area contributed by atoms with Crippen LogP contribution in [0.25, 0.3) is 0 Å². The number of hydrogen-bond donors (Lipinski definition) is 1. The lowest BCUT2D eigenvalue weighted by molar-refractivity contribution is -0.0610. The summed E-state index contributed by atoms with van der Waals surface area (Å²) in [7, 11) is 0. The summed E-state index contributed by atoms with van der Waals surface area (Å²) in [6, 6.07) is 3.86. The molecule has 2 unspecified atom stereocenters. The van der Waals surface area contributed by atoms with Gasteiger partial charge in [0, 0.05) is 18.0 Å². The average molecular weight is 276 g/mol. The second-order valence-electron chi connectivity index (χ2n) is 4.19. The van der Waals surface area contributed by atoms with Crippen molar-refractivity contribution in [2.75, 3.05) is 19.8 Å². The summed E-state index contributed by atoms with van der Waals surface area (Å²) in [5.74, 6) is 0. The molecule has 2 rings (SSSR count). The minimum atomic E-state index is -0.0574. The molecule has 5 heteroatoms. The maximum atomic E-state index is 5.91. The van der Waals surface area contributed by atoms with Crippen molar-refractivity contribution >= 4 is 22.9 Å². The molecular formula is C12H18ClNO2S. The van der Waals surface area contributed by atoms with Crippen LogP contribution >= 0.6 is 22.9 Å². The van der Waals surface area contributed by atoms with E-state index in [1.54, 1.807) is 0 Å². The minimum Gasteiger partial charge on any atom is -0.376 e. The third-order valence-corrected chi connectivity index (χ3v) is 4.21. The second kappa shape index (κ2) is 6.71. The lowest BCUT2D eigenvalue weighted by Crippen LogP contribution is -2.27. The van der Waals surface area contributed by atoms with Gasteiger partial charge in [-0.05, 0) is 31.4 Å². The fourth-order valence-corrected chi connectivity index (χ4v) is 3.05. The molecule has 0 saturated carbocycles. The molecule has 0 spiro atoms. The molecule has 1 saturated heterocycles. The molecule has 2 N–H and O–H groups in total. The first-order valence-electron chi connectivity index (χ1n) is 5.98. The van der Waals surface area contributed by atoms with Crippen molar-refractivity contribution in [1.82, 2.24) is 0 Å². The Morgan fingerprint density at radius 2 is 2.41 bits per heavy atom. The Balaban J connectivity index is 1.82. The van der Waals surface area contributed by atoms with Gasteiger partial charge in [0.05, 0.1) is 17.0 Å². The predicted molar refractivity (Wildman–Crippen MR) is 70.7 cm³/mol. The molecule has 2 heterocycles. The zero-order valence-corrected chi connectivity index (χ0v) is 11.3. The van der Waals surface area contributed by atoms with Crippen molar-refractivity contribution in [3.63, 3.8) is 0 Å². The molecule has 0 aromatic carbocycles. The van der Waals surface area contributed by atoms with Gasteiger partial charge >= 0.3 is 0 Å². The number of halogens is 1. The molecule has 1 fully saturated rings. The minimum absolute atomic E-state index is 0.0574. The molecular weight excluding hydrogens is 258 g/mol. The molecule has 3 nitrogen and oxygen atoms in total. The first kappa shape index (κ1) is 13.3. The van der Waals surface area contributed by atoms with Crippen LogP contribution in [0.5, 0.6) is 0 Å². The van der Waals surface area contributed by atoms with Crippen LogP contribution in [0.4, 0.5) is 0 Å². The summed E-state index contributed by atoms with van der Waals surface area (Å²) in [5.41, 5.74) is 5.73. The molecule has 0 aliphatic carbocycles. The van der Waals surface area contributed by atoms with Crippen LogP contribution in [0.1, 0.15) is 30.2 Å². The van der Waals surface area contributed by atoms with Crippen LogP contribution in [0.3, 0.4) is 0 Å². The summed E-state index contributed by atoms with van der Waals surface area (Å²) >= 11 is 7.43. The van der Waals surface area contributed by atoms with Gasteiger partial charge in [-0.1, -0.05) is 11.6 Å². The van der Waals surface area contributed by atoms with E-state index in [1.807, 2.05) is 12.1 Å². The van der Waals surface area contributed by atoms with Gasteiger partial charge in [0.15, 0.2) is 0 Å². The molecule has 0 radical (unpaired) electrons. The highest BCUT2D eigenvalue weighted by Gasteiger charge is 2.18. The van der Waals surface area contributed by atoms with E-state index < -0.39 is 0 Å². The third kappa shape index (κ3) is 3.93. The van der Waals surface area contributed by atoms with Crippen molar-refractivity contribution in [2.45, 2.75) is 31.5 Å². The van der Waals surface area contributed by atoms with Crippen molar-refractivity contribution in [1.29, 1.82) is 0 Å². The van der Waals surface area contributed by atoms with E-state index >= 15 is 0 Å². The van der Waals surface area contributed by atoms with Crippen LogP contribution in [-0.4, -0.2) is 25.9 Å². The number of rotatable bonds is 5. The first-order chi connectivity index (χ1) is 8.29. The Morgan fingerprint density at radius 3 is 3.00 bits per heavy atom. The summed E-state index contributed by atoms with van der Waals surface area (Å²) in [4.78, 5) is 1.09. The topological polar surface area (TPSA) is 44.5 Å². The van der Waals surface area contributed by atoms with Gasteiger partial charge < -0.3 is 15.2 Å². The number of ether oxygens (including phenoxy) is 2. The van der Waals surface area contributed by atoms with E-state index in [0.717, 1.165) is 28.7 Å². The highest BCUT2D eigenvalue weighted by Crippen LogP contribution is 2.29. The molecule has 1 aliphatic rings. The van der Waals surface area contributed by atoms with E-state index in [4.69, 9.17) is 26.8 Å². The summed E-state index contributed by atoms with van der Waals surface area (Å²) in [5, 5.41) is 0. The van der Waals surface area contributed by atoms with E-state index in [2.05, 4.69) is 0 Å². The van der Waals surface area contributed by atoms with Gasteiger partial charge in [0.1, 0.15) is 6.10 Å². The molecule has 96 valence electrons. The maximum absolute atomic E-state index is 5.91. The molecule has 17 heavy (non-hydrogen) atoms. The molecule has 0 amide bonds. The van der Waals surface area contributed by atoms with E-state index in [1.165, 1.54) is 17.8 Å². The lowest BCUT2D eigenvalue weighted by atomic mass is 10.1. The highest BCUT2D eigenvalue weighted by molar-refractivity contribution is 7.16. The second-order valence-corrected chi connectivity index (χ2v) is 5.93. The average Bonchev–Trinajstić information content (AvgIpc) is 2.78. The molecule has 2 atom stereocenters. The van der Waals surface area contributed by atoms with Gasteiger partial charge in [-0.15, -0.1) is 11.3 Å². The largest absolute Gasteiger partial charge is 0.376 e. The predicted octanol–water partition coefficient (Wildman–Crippen LogP) is 2.99. The van der Waals surface area contributed by atoms with Crippen LogP contribution in [0, 0.1) is 0 Å². The van der Waals surface area contributed by atoms with Crippen LogP contribution in [0.2, 0.25) is 4.34 Å². The van der Waals surface area contributed by atoms with Gasteiger partial charge in [-0.25, -0.2) is 0 Å². The Kier molecular flexibility index (Phi) is 5.25. The number of hydrogen-bond acceptors (Lipinski definition) is 4. The van der Waals surface area contributed by atoms with E-state index in [0.29, 0.717) is 13.2 Å². The molecule has 1 aromatic rings. The fraction of sp³-hybridized carbons (Fsp3) is 0.667. The SMILES string of the molecule is NCC(OCC1CCCCO1)c1ccc(Cl)s1. The van der Waals surface area contributed by atoms with Crippen LogP contribution in [-0.2, 0) is 9.47 Å². The van der Waals surface area contributed by atoms with Gasteiger partial charge in [0.2, 0.25) is 0 Å². The molecule has 0 bridgehead atoms. The smallest absolute Gasteiger partial charge is 0.104 e. The quantitative estimate of drug-likeness (QED) is 0.898. The van der Waals surface area contributed by atoms with E-state index in [-0.39, 0.29) is 12.2 Å². The standard InChI is InChI=1S/C12H18ClNO2S/c13-12-5-4-11(17-12)10(7-14)16-8-9-3-1-2-6-15-9/h4-5,9-10H,1-3,6-8,14H2. The van der Waals surface area contributed by atoms with Gasteiger partial charge in [0.25, 0.3) is 0 Å². The fourth-order valence-electron chi connectivity index (χ4n) is 1.93. The van der Waals surface area contributed by atoms with Gasteiger partial charge in [-0.3, -0.25) is 0 Å². The maximum Gasteiger partial charge on any atom is 0.104 e. The van der Waals surface area contributed by atoms with Gasteiger partial charge in [-0.2, -0.15) is 0 Å². The normalized spacial score (nSPS) is 22.6. The number of thiophene rings is 1. The van der Waals surface area contributed by atoms with Crippen molar-refractivity contribution in [3.8, 4) is 0 Å². The van der Waals surface area contributed by atoms with Crippen LogP contribution in [0.15, 0.2) is 12.1 Å². The summed E-state index contributed by atoms with van der Waals surface area (Å²) in [6.45, 7) is 1.95. The van der Waals surface area contributed by atoms with E-state index in [9.17, 15) is 0 Å².